The lowest BCUT2D eigenvalue weighted by Gasteiger charge is -2.30. The van der Waals surface area contributed by atoms with Crippen molar-refractivity contribution in [1.29, 1.82) is 0 Å². The normalized spacial score (nSPS) is 20.6. The summed E-state index contributed by atoms with van der Waals surface area (Å²) in [5.74, 6) is -0.231. The molecule has 6 heteroatoms. The minimum absolute atomic E-state index is 0.0280. The molecule has 0 unspecified atom stereocenters. The van der Waals surface area contributed by atoms with E-state index in [9.17, 15) is 14.7 Å². The van der Waals surface area contributed by atoms with Crippen LogP contribution in [0.15, 0.2) is 18.2 Å². The fourth-order valence-electron chi connectivity index (χ4n) is 2.96. The van der Waals surface area contributed by atoms with E-state index in [1.165, 1.54) is 0 Å². The number of aryl methyl sites for hydroxylation is 1. The third-order valence-corrected chi connectivity index (χ3v) is 4.27. The summed E-state index contributed by atoms with van der Waals surface area (Å²) in [6.45, 7) is 7.26. The van der Waals surface area contributed by atoms with Crippen LogP contribution < -0.4 is 10.6 Å². The molecule has 1 fully saturated rings. The zero-order valence-electron chi connectivity index (χ0n) is 15.4. The first-order chi connectivity index (χ1) is 11.7. The van der Waals surface area contributed by atoms with Gasteiger partial charge in [-0.05, 0) is 65.0 Å². The molecule has 0 saturated heterocycles. The number of aromatic hydroxyl groups is 1. The Kier molecular flexibility index (Phi) is 5.93. The number of rotatable bonds is 3. The number of phenols is 1. The van der Waals surface area contributed by atoms with Crippen molar-refractivity contribution in [2.45, 2.75) is 71.1 Å². The second kappa shape index (κ2) is 7.76. The molecule has 2 amide bonds. The van der Waals surface area contributed by atoms with Gasteiger partial charge in [0.15, 0.2) is 0 Å². The van der Waals surface area contributed by atoms with Crippen LogP contribution in [0.3, 0.4) is 0 Å². The highest BCUT2D eigenvalue weighted by atomic mass is 16.6. The van der Waals surface area contributed by atoms with Gasteiger partial charge in [0.1, 0.15) is 11.4 Å². The summed E-state index contributed by atoms with van der Waals surface area (Å²) in [7, 11) is 0. The number of nitrogens with one attached hydrogen (secondary N) is 2. The van der Waals surface area contributed by atoms with Gasteiger partial charge in [-0.3, -0.25) is 4.79 Å². The van der Waals surface area contributed by atoms with Gasteiger partial charge < -0.3 is 20.5 Å². The van der Waals surface area contributed by atoms with Gasteiger partial charge in [-0.1, -0.05) is 12.1 Å². The van der Waals surface area contributed by atoms with E-state index < -0.39 is 11.7 Å². The van der Waals surface area contributed by atoms with Crippen LogP contribution in [0.2, 0.25) is 0 Å². The third-order valence-electron chi connectivity index (χ3n) is 4.27. The predicted octanol–water partition coefficient (Wildman–Crippen LogP) is 3.27. The maximum atomic E-state index is 12.3. The molecule has 25 heavy (non-hydrogen) atoms. The molecule has 0 heterocycles. The number of amides is 2. The Labute approximate surface area is 149 Å². The maximum Gasteiger partial charge on any atom is 0.407 e. The molecule has 1 aliphatic carbocycles. The highest BCUT2D eigenvalue weighted by Gasteiger charge is 2.26. The first kappa shape index (κ1) is 19.1. The largest absolute Gasteiger partial charge is 0.507 e. The number of alkyl carbamates (subject to hydrolysis) is 1. The second-order valence-electron chi connectivity index (χ2n) is 7.64. The fraction of sp³-hybridized carbons (Fsp3) is 0.579. The maximum absolute atomic E-state index is 12.3. The summed E-state index contributed by atoms with van der Waals surface area (Å²) in [6.07, 6.45) is 2.72. The lowest BCUT2D eigenvalue weighted by Crippen LogP contribution is -2.45. The van der Waals surface area contributed by atoms with E-state index in [0.717, 1.165) is 25.7 Å². The van der Waals surface area contributed by atoms with Crippen LogP contribution >= 0.6 is 0 Å². The van der Waals surface area contributed by atoms with Crippen LogP contribution in [0, 0.1) is 6.92 Å². The molecule has 1 aliphatic rings. The van der Waals surface area contributed by atoms with Crippen molar-refractivity contribution in [3.63, 3.8) is 0 Å². The predicted molar refractivity (Wildman–Crippen MR) is 95.7 cm³/mol. The van der Waals surface area contributed by atoms with Gasteiger partial charge in [0, 0.05) is 12.1 Å². The monoisotopic (exact) mass is 348 g/mol. The van der Waals surface area contributed by atoms with Gasteiger partial charge in [-0.2, -0.15) is 0 Å². The van der Waals surface area contributed by atoms with E-state index in [1.54, 1.807) is 25.1 Å². The summed E-state index contributed by atoms with van der Waals surface area (Å²) in [6, 6.07) is 5.25. The molecular weight excluding hydrogens is 320 g/mol. The van der Waals surface area contributed by atoms with Gasteiger partial charge in [-0.15, -0.1) is 0 Å². The molecule has 0 atom stereocenters. The van der Waals surface area contributed by atoms with Crippen LogP contribution in [-0.4, -0.2) is 34.8 Å². The molecule has 0 aliphatic heterocycles. The lowest BCUT2D eigenvalue weighted by atomic mass is 9.91. The van der Waals surface area contributed by atoms with Gasteiger partial charge in [-0.25, -0.2) is 4.79 Å². The van der Waals surface area contributed by atoms with E-state index in [2.05, 4.69) is 10.6 Å². The standard InChI is InChI=1S/C19H28N2O4/c1-12-6-5-7-15(16(12)22)17(23)20-13-8-10-14(11-9-13)21-18(24)25-19(2,3)4/h5-7,13-14,22H,8-11H2,1-4H3,(H,20,23)(H,21,24)/t13-,14+. The quantitative estimate of drug-likeness (QED) is 0.782. The number of carbonyl (C=O) groups excluding carboxylic acids is 2. The highest BCUT2D eigenvalue weighted by Crippen LogP contribution is 2.23. The molecule has 6 nitrogen and oxygen atoms in total. The molecule has 0 spiro atoms. The third kappa shape index (κ3) is 5.66. The van der Waals surface area contributed by atoms with Crippen molar-refractivity contribution in [2.24, 2.45) is 0 Å². The summed E-state index contributed by atoms with van der Waals surface area (Å²) in [5.41, 5.74) is 0.470. The molecule has 1 saturated carbocycles. The van der Waals surface area contributed by atoms with E-state index in [0.29, 0.717) is 11.1 Å². The Morgan fingerprint density at radius 1 is 1.08 bits per heavy atom. The molecule has 2 rings (SSSR count). The molecular formula is C19H28N2O4. The van der Waals surface area contributed by atoms with Crippen molar-refractivity contribution in [3.05, 3.63) is 29.3 Å². The van der Waals surface area contributed by atoms with Crippen LogP contribution in [0.1, 0.15) is 62.4 Å². The van der Waals surface area contributed by atoms with Crippen molar-refractivity contribution >= 4 is 12.0 Å². The molecule has 138 valence electrons. The molecule has 3 N–H and O–H groups in total. The summed E-state index contributed by atoms with van der Waals surface area (Å²) < 4.78 is 5.27. The van der Waals surface area contributed by atoms with Gasteiger partial charge in [0.25, 0.3) is 5.91 Å². The summed E-state index contributed by atoms with van der Waals surface area (Å²) in [5, 5.41) is 15.9. The highest BCUT2D eigenvalue weighted by molar-refractivity contribution is 5.97. The zero-order chi connectivity index (χ0) is 18.6. The fourth-order valence-corrected chi connectivity index (χ4v) is 2.96. The van der Waals surface area contributed by atoms with Crippen molar-refractivity contribution < 1.29 is 19.4 Å². The number of phenolic OH excluding ortho intramolecular Hbond substituents is 1. The van der Waals surface area contributed by atoms with Crippen LogP contribution in [0.25, 0.3) is 0 Å². The first-order valence-corrected chi connectivity index (χ1v) is 8.74. The van der Waals surface area contributed by atoms with Crippen molar-refractivity contribution in [3.8, 4) is 5.75 Å². The lowest BCUT2D eigenvalue weighted by molar-refractivity contribution is 0.0488. The number of para-hydroxylation sites is 1. The number of ether oxygens (including phenoxy) is 1. The number of carbonyl (C=O) groups is 2. The van der Waals surface area contributed by atoms with Crippen LogP contribution in [0.5, 0.6) is 5.75 Å². The van der Waals surface area contributed by atoms with E-state index in [1.807, 2.05) is 20.8 Å². The van der Waals surface area contributed by atoms with Gasteiger partial charge >= 0.3 is 6.09 Å². The van der Waals surface area contributed by atoms with Crippen LogP contribution in [0.4, 0.5) is 4.79 Å². The van der Waals surface area contributed by atoms with E-state index in [4.69, 9.17) is 4.74 Å². The topological polar surface area (TPSA) is 87.7 Å². The average Bonchev–Trinajstić information content (AvgIpc) is 2.50. The Bertz CT molecular complexity index is 629. The number of benzene rings is 1. The first-order valence-electron chi connectivity index (χ1n) is 8.74. The molecule has 1 aromatic rings. The average molecular weight is 348 g/mol. The SMILES string of the molecule is Cc1cccc(C(=O)N[C@H]2CC[C@@H](NC(=O)OC(C)(C)C)CC2)c1O. The number of hydrogen-bond donors (Lipinski definition) is 3. The molecule has 0 bridgehead atoms. The van der Waals surface area contributed by atoms with Crippen LogP contribution in [-0.2, 0) is 4.74 Å². The van der Waals surface area contributed by atoms with Gasteiger partial charge in [0.2, 0.25) is 0 Å². The molecule has 0 radical (unpaired) electrons. The summed E-state index contributed by atoms with van der Waals surface area (Å²) >= 11 is 0. The Hall–Kier alpha value is -2.24. The Morgan fingerprint density at radius 2 is 1.64 bits per heavy atom. The minimum Gasteiger partial charge on any atom is -0.507 e. The zero-order valence-corrected chi connectivity index (χ0v) is 15.4. The van der Waals surface area contributed by atoms with Gasteiger partial charge in [0.05, 0.1) is 5.56 Å². The molecule has 1 aromatic carbocycles. The van der Waals surface area contributed by atoms with E-state index in [-0.39, 0.29) is 23.7 Å². The number of hydrogen-bond acceptors (Lipinski definition) is 4. The molecule has 0 aromatic heterocycles. The Balaban J connectivity index is 1.81. The second-order valence-corrected chi connectivity index (χ2v) is 7.64. The van der Waals surface area contributed by atoms with Crippen molar-refractivity contribution in [2.75, 3.05) is 0 Å². The summed E-state index contributed by atoms with van der Waals surface area (Å²) in [4.78, 5) is 24.2. The minimum atomic E-state index is -0.509. The van der Waals surface area contributed by atoms with Crippen molar-refractivity contribution in [1.82, 2.24) is 10.6 Å². The smallest absolute Gasteiger partial charge is 0.407 e. The Morgan fingerprint density at radius 3 is 2.20 bits per heavy atom. The van der Waals surface area contributed by atoms with E-state index >= 15 is 0 Å².